The fourth-order valence-corrected chi connectivity index (χ4v) is 3.26. The molecule has 1 unspecified atom stereocenters. The number of rotatable bonds is 5. The molecule has 26 heavy (non-hydrogen) atoms. The Hall–Kier alpha value is -2.49. The molecule has 2 aromatic carbocycles. The molecule has 1 heterocycles. The zero-order valence-corrected chi connectivity index (χ0v) is 15.9. The van der Waals surface area contributed by atoms with Gasteiger partial charge in [-0.15, -0.1) is 0 Å². The van der Waals surface area contributed by atoms with Gasteiger partial charge < -0.3 is 14.8 Å². The van der Waals surface area contributed by atoms with Crippen LogP contribution in [0.2, 0.25) is 0 Å². The summed E-state index contributed by atoms with van der Waals surface area (Å²) in [6.45, 7) is 8.37. The number of benzene rings is 2. The Labute approximate surface area is 155 Å². The van der Waals surface area contributed by atoms with Gasteiger partial charge in [0.15, 0.2) is 6.61 Å². The first kappa shape index (κ1) is 18.3. The van der Waals surface area contributed by atoms with Gasteiger partial charge in [0.05, 0.1) is 6.04 Å². The zero-order valence-electron chi connectivity index (χ0n) is 15.9. The van der Waals surface area contributed by atoms with E-state index in [9.17, 15) is 4.79 Å². The van der Waals surface area contributed by atoms with Crippen LogP contribution in [0.5, 0.6) is 11.5 Å². The second-order valence-electron chi connectivity index (χ2n) is 7.74. The lowest BCUT2D eigenvalue weighted by molar-refractivity contribution is -0.124. The van der Waals surface area contributed by atoms with Crippen LogP contribution >= 0.6 is 0 Å². The summed E-state index contributed by atoms with van der Waals surface area (Å²) in [7, 11) is 0. The molecule has 138 valence electrons. The van der Waals surface area contributed by atoms with E-state index >= 15 is 0 Å². The van der Waals surface area contributed by atoms with Crippen molar-refractivity contribution in [2.45, 2.75) is 51.7 Å². The molecular formula is C22H27NO3. The first-order valence-electron chi connectivity index (χ1n) is 9.14. The van der Waals surface area contributed by atoms with E-state index in [1.165, 1.54) is 5.56 Å². The minimum atomic E-state index is -0.320. The summed E-state index contributed by atoms with van der Waals surface area (Å²) >= 11 is 0. The fourth-order valence-electron chi connectivity index (χ4n) is 3.26. The Bertz CT molecular complexity index is 765. The second kappa shape index (κ2) is 7.40. The van der Waals surface area contributed by atoms with Crippen LogP contribution in [0.25, 0.3) is 0 Å². The van der Waals surface area contributed by atoms with Crippen molar-refractivity contribution in [2.24, 2.45) is 0 Å². The summed E-state index contributed by atoms with van der Waals surface area (Å²) in [4.78, 5) is 12.4. The lowest BCUT2D eigenvalue weighted by Gasteiger charge is -2.37. The third kappa shape index (κ3) is 4.37. The molecule has 0 fully saturated rings. The molecule has 0 aliphatic carbocycles. The van der Waals surface area contributed by atoms with Gasteiger partial charge in [-0.25, -0.2) is 0 Å². The molecule has 1 aliphatic heterocycles. The van der Waals surface area contributed by atoms with Crippen molar-refractivity contribution in [1.82, 2.24) is 5.32 Å². The minimum absolute atomic E-state index is 0.000970. The molecular weight excluding hydrogens is 326 g/mol. The molecule has 0 spiro atoms. The maximum atomic E-state index is 12.4. The quantitative estimate of drug-likeness (QED) is 0.854. The van der Waals surface area contributed by atoms with Crippen LogP contribution in [-0.4, -0.2) is 18.1 Å². The van der Waals surface area contributed by atoms with Crippen molar-refractivity contribution in [3.8, 4) is 11.5 Å². The molecule has 1 amide bonds. The monoisotopic (exact) mass is 353 g/mol. The number of ether oxygens (including phenoxy) is 2. The van der Waals surface area contributed by atoms with Crippen molar-refractivity contribution in [2.75, 3.05) is 6.61 Å². The van der Waals surface area contributed by atoms with E-state index in [0.29, 0.717) is 11.7 Å². The van der Waals surface area contributed by atoms with Crippen molar-refractivity contribution in [3.63, 3.8) is 0 Å². The molecule has 1 N–H and O–H groups in total. The predicted molar refractivity (Wildman–Crippen MR) is 103 cm³/mol. The average Bonchev–Trinajstić information content (AvgIpc) is 2.59. The van der Waals surface area contributed by atoms with Gasteiger partial charge in [0.2, 0.25) is 0 Å². The van der Waals surface area contributed by atoms with E-state index in [4.69, 9.17) is 9.47 Å². The molecule has 0 saturated heterocycles. The second-order valence-corrected chi connectivity index (χ2v) is 7.74. The number of amides is 1. The Morgan fingerprint density at radius 1 is 1.19 bits per heavy atom. The Kier molecular flexibility index (Phi) is 5.21. The van der Waals surface area contributed by atoms with E-state index < -0.39 is 0 Å². The van der Waals surface area contributed by atoms with Gasteiger partial charge in [0.25, 0.3) is 5.91 Å². The first-order chi connectivity index (χ1) is 12.3. The summed E-state index contributed by atoms with van der Waals surface area (Å²) in [6, 6.07) is 15.7. The normalized spacial score (nSPS) is 18.0. The van der Waals surface area contributed by atoms with Crippen LogP contribution in [0, 0.1) is 0 Å². The lowest BCUT2D eigenvalue weighted by Crippen LogP contribution is -2.42. The van der Waals surface area contributed by atoms with Gasteiger partial charge in [-0.05, 0) is 43.5 Å². The number of carbonyl (C=O) groups is 1. The van der Waals surface area contributed by atoms with Crippen LogP contribution < -0.4 is 14.8 Å². The van der Waals surface area contributed by atoms with Crippen LogP contribution in [0.4, 0.5) is 0 Å². The summed E-state index contributed by atoms with van der Waals surface area (Å²) < 4.78 is 11.6. The Balaban J connectivity index is 1.61. The van der Waals surface area contributed by atoms with Crippen LogP contribution in [0.1, 0.15) is 57.2 Å². The number of carbonyl (C=O) groups excluding carboxylic acids is 1. The van der Waals surface area contributed by atoms with E-state index in [1.54, 1.807) is 0 Å². The number of nitrogens with one attached hydrogen (secondary N) is 1. The molecule has 4 heteroatoms. The standard InChI is InChI=1S/C22H27NO3/c1-15(2)16-9-11-17(12-10-16)25-14-21(24)23-19-13-22(3,4)26-20-8-6-5-7-18(19)20/h5-12,15,19H,13-14H2,1-4H3,(H,23,24). The highest BCUT2D eigenvalue weighted by atomic mass is 16.5. The number of fused-ring (bicyclic) bond motifs is 1. The molecule has 1 atom stereocenters. The zero-order chi connectivity index (χ0) is 18.7. The molecule has 2 aromatic rings. The molecule has 0 saturated carbocycles. The molecule has 0 bridgehead atoms. The van der Waals surface area contributed by atoms with Crippen molar-refractivity contribution >= 4 is 5.91 Å². The molecule has 3 rings (SSSR count). The maximum absolute atomic E-state index is 12.4. The highest BCUT2D eigenvalue weighted by molar-refractivity contribution is 5.78. The van der Waals surface area contributed by atoms with Gasteiger partial charge in [0, 0.05) is 12.0 Å². The van der Waals surface area contributed by atoms with Crippen LogP contribution in [0.3, 0.4) is 0 Å². The number of hydrogen-bond acceptors (Lipinski definition) is 3. The Morgan fingerprint density at radius 3 is 2.58 bits per heavy atom. The fraction of sp³-hybridized carbons (Fsp3) is 0.409. The topological polar surface area (TPSA) is 47.6 Å². The van der Waals surface area contributed by atoms with Crippen molar-refractivity contribution < 1.29 is 14.3 Å². The largest absolute Gasteiger partial charge is 0.487 e. The molecule has 0 aromatic heterocycles. The lowest BCUT2D eigenvalue weighted by atomic mass is 9.90. The summed E-state index contributed by atoms with van der Waals surface area (Å²) in [5.41, 5.74) is 1.95. The van der Waals surface area contributed by atoms with Gasteiger partial charge >= 0.3 is 0 Å². The highest BCUT2D eigenvalue weighted by Gasteiger charge is 2.34. The van der Waals surface area contributed by atoms with E-state index in [1.807, 2.05) is 62.4 Å². The minimum Gasteiger partial charge on any atom is -0.487 e. The molecule has 0 radical (unpaired) electrons. The molecule has 1 aliphatic rings. The maximum Gasteiger partial charge on any atom is 0.258 e. The van der Waals surface area contributed by atoms with E-state index in [2.05, 4.69) is 19.2 Å². The van der Waals surface area contributed by atoms with Crippen LogP contribution in [-0.2, 0) is 4.79 Å². The van der Waals surface area contributed by atoms with Gasteiger partial charge in [0.1, 0.15) is 17.1 Å². The van der Waals surface area contributed by atoms with Gasteiger partial charge in [-0.1, -0.05) is 44.2 Å². The molecule has 4 nitrogen and oxygen atoms in total. The number of para-hydroxylation sites is 1. The predicted octanol–water partition coefficient (Wildman–Crippen LogP) is 4.61. The number of hydrogen-bond donors (Lipinski definition) is 1. The van der Waals surface area contributed by atoms with E-state index in [-0.39, 0.29) is 24.2 Å². The van der Waals surface area contributed by atoms with E-state index in [0.717, 1.165) is 17.7 Å². The van der Waals surface area contributed by atoms with Crippen LogP contribution in [0.15, 0.2) is 48.5 Å². The third-order valence-corrected chi connectivity index (χ3v) is 4.63. The SMILES string of the molecule is CC(C)c1ccc(OCC(=O)NC2CC(C)(C)Oc3ccccc32)cc1. The van der Waals surface area contributed by atoms with Gasteiger partial charge in [-0.2, -0.15) is 0 Å². The summed E-state index contributed by atoms with van der Waals surface area (Å²) in [6.07, 6.45) is 0.721. The average molecular weight is 353 g/mol. The summed E-state index contributed by atoms with van der Waals surface area (Å²) in [5, 5.41) is 3.09. The van der Waals surface area contributed by atoms with Gasteiger partial charge in [-0.3, -0.25) is 4.79 Å². The first-order valence-corrected chi connectivity index (χ1v) is 9.14. The third-order valence-electron chi connectivity index (χ3n) is 4.63. The smallest absolute Gasteiger partial charge is 0.258 e. The van der Waals surface area contributed by atoms with Crippen molar-refractivity contribution in [1.29, 1.82) is 0 Å². The Morgan fingerprint density at radius 2 is 1.88 bits per heavy atom. The highest BCUT2D eigenvalue weighted by Crippen LogP contribution is 2.39. The van der Waals surface area contributed by atoms with Crippen molar-refractivity contribution in [3.05, 3.63) is 59.7 Å². The summed E-state index contributed by atoms with van der Waals surface area (Å²) in [5.74, 6) is 1.89.